The lowest BCUT2D eigenvalue weighted by atomic mass is 10.1. The lowest BCUT2D eigenvalue weighted by molar-refractivity contribution is 0.285. The first-order valence-corrected chi connectivity index (χ1v) is 9.30. The van der Waals surface area contributed by atoms with Crippen LogP contribution in [0.2, 0.25) is 0 Å². The summed E-state index contributed by atoms with van der Waals surface area (Å²) < 4.78 is 27.2. The van der Waals surface area contributed by atoms with Gasteiger partial charge in [0.15, 0.2) is 0 Å². The minimum Gasteiger partial charge on any atom is -0.395 e. The van der Waals surface area contributed by atoms with Crippen LogP contribution >= 0.6 is 0 Å². The van der Waals surface area contributed by atoms with Gasteiger partial charge in [-0.3, -0.25) is 0 Å². The van der Waals surface area contributed by atoms with Crippen LogP contribution in [0.25, 0.3) is 10.8 Å². The zero-order valence-electron chi connectivity index (χ0n) is 13.2. The topological polar surface area (TPSA) is 69.6 Å². The molecule has 1 unspecified atom stereocenters. The molecule has 1 fully saturated rings. The van der Waals surface area contributed by atoms with Crippen LogP contribution in [0.4, 0.5) is 0 Å². The fourth-order valence-corrected chi connectivity index (χ4v) is 4.65. The molecule has 1 heterocycles. The van der Waals surface area contributed by atoms with Gasteiger partial charge in [-0.05, 0) is 41.8 Å². The number of nitrogens with zero attached hydrogens (tertiary/aromatic N) is 1. The number of nitrogens with one attached hydrogen (secondary N) is 1. The maximum Gasteiger partial charge on any atom is 0.243 e. The number of fused-ring (bicyclic) bond motifs is 1. The van der Waals surface area contributed by atoms with Crippen LogP contribution in [0.15, 0.2) is 41.3 Å². The molecule has 2 N–H and O–H groups in total. The predicted molar refractivity (Wildman–Crippen MR) is 90.9 cm³/mol. The molecule has 5 nitrogen and oxygen atoms in total. The van der Waals surface area contributed by atoms with Gasteiger partial charge in [-0.2, -0.15) is 4.31 Å². The van der Waals surface area contributed by atoms with E-state index >= 15 is 0 Å². The molecular weight excluding hydrogens is 312 g/mol. The van der Waals surface area contributed by atoms with Crippen LogP contribution in [0.1, 0.15) is 12.0 Å². The molecule has 1 atom stereocenters. The van der Waals surface area contributed by atoms with Crippen molar-refractivity contribution in [3.63, 3.8) is 0 Å². The quantitative estimate of drug-likeness (QED) is 0.869. The summed E-state index contributed by atoms with van der Waals surface area (Å²) in [5.74, 6) is 0. The van der Waals surface area contributed by atoms with Crippen molar-refractivity contribution in [1.82, 2.24) is 9.62 Å². The molecule has 23 heavy (non-hydrogen) atoms. The van der Waals surface area contributed by atoms with Gasteiger partial charge in [-0.15, -0.1) is 0 Å². The number of sulfonamides is 1. The molecular formula is C17H22N2O3S. The second-order valence-electron chi connectivity index (χ2n) is 5.98. The van der Waals surface area contributed by atoms with E-state index in [1.54, 1.807) is 12.1 Å². The van der Waals surface area contributed by atoms with Gasteiger partial charge in [-0.25, -0.2) is 8.42 Å². The molecule has 2 aromatic carbocycles. The van der Waals surface area contributed by atoms with E-state index in [4.69, 9.17) is 5.11 Å². The number of rotatable bonds is 5. The molecule has 0 amide bonds. The molecule has 0 spiro atoms. The summed E-state index contributed by atoms with van der Waals surface area (Å²) in [6.45, 7) is 3.54. The maximum absolute atomic E-state index is 12.8. The standard InChI is InChI=1S/C17H22N2O3S/c1-13-3-2-4-14-11-16(5-6-17(13)14)23(21,22)19-9-7-15(12-19)18-8-10-20/h2-6,11,15,18,20H,7-10,12H2,1H3. The third-order valence-electron chi connectivity index (χ3n) is 4.40. The normalized spacial score (nSPS) is 19.5. The van der Waals surface area contributed by atoms with Gasteiger partial charge in [-0.1, -0.05) is 24.3 Å². The van der Waals surface area contributed by atoms with Crippen LogP contribution in [-0.2, 0) is 10.0 Å². The van der Waals surface area contributed by atoms with E-state index in [0.29, 0.717) is 24.5 Å². The Bertz CT molecular complexity index is 805. The van der Waals surface area contributed by atoms with Crippen molar-refractivity contribution in [2.45, 2.75) is 24.3 Å². The first-order valence-electron chi connectivity index (χ1n) is 7.86. The number of aliphatic hydroxyl groups excluding tert-OH is 1. The second-order valence-corrected chi connectivity index (χ2v) is 7.92. The molecule has 2 aromatic rings. The van der Waals surface area contributed by atoms with E-state index in [2.05, 4.69) is 5.32 Å². The zero-order valence-corrected chi connectivity index (χ0v) is 14.0. The Morgan fingerprint density at radius 1 is 1.30 bits per heavy atom. The Balaban J connectivity index is 1.85. The Morgan fingerprint density at radius 2 is 2.13 bits per heavy atom. The molecule has 0 aliphatic carbocycles. The highest BCUT2D eigenvalue weighted by Gasteiger charge is 2.32. The summed E-state index contributed by atoms with van der Waals surface area (Å²) in [5.41, 5.74) is 1.14. The highest BCUT2D eigenvalue weighted by molar-refractivity contribution is 7.89. The van der Waals surface area contributed by atoms with Gasteiger partial charge in [0.1, 0.15) is 0 Å². The van der Waals surface area contributed by atoms with Crippen LogP contribution in [0.3, 0.4) is 0 Å². The van der Waals surface area contributed by atoms with E-state index in [9.17, 15) is 8.42 Å². The Kier molecular flexibility index (Phi) is 4.68. The zero-order chi connectivity index (χ0) is 16.4. The third-order valence-corrected chi connectivity index (χ3v) is 6.26. The number of hydrogen-bond acceptors (Lipinski definition) is 4. The van der Waals surface area contributed by atoms with Crippen LogP contribution in [-0.4, -0.2) is 50.1 Å². The maximum atomic E-state index is 12.8. The lowest BCUT2D eigenvalue weighted by Crippen LogP contribution is -2.36. The molecule has 0 saturated carbocycles. The largest absolute Gasteiger partial charge is 0.395 e. The summed E-state index contributed by atoms with van der Waals surface area (Å²) in [4.78, 5) is 0.346. The average molecular weight is 334 g/mol. The lowest BCUT2D eigenvalue weighted by Gasteiger charge is -2.17. The molecule has 124 valence electrons. The summed E-state index contributed by atoms with van der Waals surface area (Å²) in [6.07, 6.45) is 0.770. The molecule has 1 aliphatic rings. The van der Waals surface area contributed by atoms with E-state index < -0.39 is 10.0 Å². The summed E-state index contributed by atoms with van der Waals surface area (Å²) in [7, 11) is -3.47. The Hall–Kier alpha value is -1.47. The van der Waals surface area contributed by atoms with Crippen LogP contribution in [0, 0.1) is 6.92 Å². The number of benzene rings is 2. The van der Waals surface area contributed by atoms with Gasteiger partial charge in [0.2, 0.25) is 10.0 Å². The van der Waals surface area contributed by atoms with Crippen molar-refractivity contribution in [2.24, 2.45) is 0 Å². The highest BCUT2D eigenvalue weighted by Crippen LogP contribution is 2.26. The van der Waals surface area contributed by atoms with Gasteiger partial charge in [0.25, 0.3) is 0 Å². The summed E-state index contributed by atoms with van der Waals surface area (Å²) in [6, 6.07) is 11.4. The SMILES string of the molecule is Cc1cccc2cc(S(=O)(=O)N3CCC(NCCO)C3)ccc12. The molecule has 0 radical (unpaired) electrons. The minimum atomic E-state index is -3.47. The van der Waals surface area contributed by atoms with Gasteiger partial charge < -0.3 is 10.4 Å². The minimum absolute atomic E-state index is 0.0628. The first kappa shape index (κ1) is 16.4. The summed E-state index contributed by atoms with van der Waals surface area (Å²) >= 11 is 0. The first-order chi connectivity index (χ1) is 11.0. The van der Waals surface area contributed by atoms with Crippen LogP contribution < -0.4 is 5.32 Å². The van der Waals surface area contributed by atoms with Crippen molar-refractivity contribution < 1.29 is 13.5 Å². The van der Waals surface area contributed by atoms with Crippen molar-refractivity contribution >= 4 is 20.8 Å². The number of aliphatic hydroxyl groups is 1. The number of aryl methyl sites for hydroxylation is 1. The molecule has 6 heteroatoms. The second kappa shape index (κ2) is 6.57. The smallest absolute Gasteiger partial charge is 0.243 e. The monoisotopic (exact) mass is 334 g/mol. The third kappa shape index (κ3) is 3.26. The van der Waals surface area contributed by atoms with Gasteiger partial charge in [0.05, 0.1) is 11.5 Å². The fraction of sp³-hybridized carbons (Fsp3) is 0.412. The highest BCUT2D eigenvalue weighted by atomic mass is 32.2. The van der Waals surface area contributed by atoms with E-state index in [-0.39, 0.29) is 12.6 Å². The van der Waals surface area contributed by atoms with Gasteiger partial charge >= 0.3 is 0 Å². The Labute approximate surface area is 137 Å². The molecule has 1 aliphatic heterocycles. The van der Waals surface area contributed by atoms with Crippen LogP contribution in [0.5, 0.6) is 0 Å². The van der Waals surface area contributed by atoms with Crippen molar-refractivity contribution in [2.75, 3.05) is 26.2 Å². The molecule has 1 saturated heterocycles. The van der Waals surface area contributed by atoms with E-state index in [1.165, 1.54) is 4.31 Å². The van der Waals surface area contributed by atoms with E-state index in [0.717, 1.165) is 22.8 Å². The number of hydrogen-bond donors (Lipinski definition) is 2. The van der Waals surface area contributed by atoms with Crippen molar-refractivity contribution in [3.05, 3.63) is 42.0 Å². The van der Waals surface area contributed by atoms with Crippen molar-refractivity contribution in [3.8, 4) is 0 Å². The molecule has 0 aromatic heterocycles. The predicted octanol–water partition coefficient (Wildman–Crippen LogP) is 1.49. The average Bonchev–Trinajstić information content (AvgIpc) is 3.02. The molecule has 0 bridgehead atoms. The summed E-state index contributed by atoms with van der Waals surface area (Å²) in [5, 5.41) is 14.0. The Morgan fingerprint density at radius 3 is 2.91 bits per heavy atom. The van der Waals surface area contributed by atoms with E-state index in [1.807, 2.05) is 31.2 Å². The van der Waals surface area contributed by atoms with Gasteiger partial charge in [0, 0.05) is 25.7 Å². The van der Waals surface area contributed by atoms with Crippen molar-refractivity contribution in [1.29, 1.82) is 0 Å². The fourth-order valence-electron chi connectivity index (χ4n) is 3.12. The molecule has 3 rings (SSSR count).